The summed E-state index contributed by atoms with van der Waals surface area (Å²) < 4.78 is 11.9. The van der Waals surface area contributed by atoms with Crippen molar-refractivity contribution in [1.29, 1.82) is 0 Å². The Balaban J connectivity index is 2.32. The second-order valence-electron chi connectivity index (χ2n) is 5.34. The van der Waals surface area contributed by atoms with Crippen molar-refractivity contribution in [2.45, 2.75) is 45.4 Å². The zero-order valence-electron chi connectivity index (χ0n) is 10.9. The largest absolute Gasteiger partial charge is 0.514 e. The molecule has 0 bridgehead atoms. The number of hydrogen-bond acceptors (Lipinski definition) is 4. The first-order valence-corrected chi connectivity index (χ1v) is 5.87. The van der Waals surface area contributed by atoms with Gasteiger partial charge in [-0.1, -0.05) is 6.07 Å². The summed E-state index contributed by atoms with van der Waals surface area (Å²) in [5.41, 5.74) is 6.76. The highest BCUT2D eigenvalue weighted by Gasteiger charge is 2.52. The van der Waals surface area contributed by atoms with Gasteiger partial charge in [0.2, 0.25) is 0 Å². The number of hydrogen-bond donors (Lipinski definition) is 1. The molecule has 2 heterocycles. The fourth-order valence-corrected chi connectivity index (χ4v) is 1.79. The SMILES string of the molecule is CC1(C)OB(c2ncccc2CN)OC1(C)C. The van der Waals surface area contributed by atoms with Gasteiger partial charge in [0.05, 0.1) is 16.8 Å². The second kappa shape index (κ2) is 4.08. The van der Waals surface area contributed by atoms with Crippen molar-refractivity contribution in [3.63, 3.8) is 0 Å². The van der Waals surface area contributed by atoms with Gasteiger partial charge >= 0.3 is 7.12 Å². The molecule has 17 heavy (non-hydrogen) atoms. The van der Waals surface area contributed by atoms with Gasteiger partial charge in [-0.05, 0) is 39.3 Å². The van der Waals surface area contributed by atoms with Crippen molar-refractivity contribution >= 4 is 12.7 Å². The molecular formula is C12H19BN2O2. The molecular weight excluding hydrogens is 215 g/mol. The molecule has 0 atom stereocenters. The third kappa shape index (κ3) is 2.10. The highest BCUT2D eigenvalue weighted by molar-refractivity contribution is 6.61. The molecule has 1 aliphatic rings. The quantitative estimate of drug-likeness (QED) is 0.770. The molecule has 0 radical (unpaired) electrons. The smallest absolute Gasteiger partial charge is 0.398 e. The van der Waals surface area contributed by atoms with Crippen molar-refractivity contribution in [1.82, 2.24) is 4.98 Å². The lowest BCUT2D eigenvalue weighted by molar-refractivity contribution is 0.00578. The minimum absolute atomic E-state index is 0.346. The van der Waals surface area contributed by atoms with Gasteiger partial charge in [0.1, 0.15) is 0 Å². The molecule has 4 nitrogen and oxygen atoms in total. The van der Waals surface area contributed by atoms with Crippen LogP contribution in [0.1, 0.15) is 33.3 Å². The molecule has 1 saturated heterocycles. The van der Waals surface area contributed by atoms with Crippen LogP contribution in [0, 0.1) is 0 Å². The Kier molecular flexibility index (Phi) is 3.02. The molecule has 5 heteroatoms. The molecule has 2 N–H and O–H groups in total. The van der Waals surface area contributed by atoms with E-state index >= 15 is 0 Å². The summed E-state index contributed by atoms with van der Waals surface area (Å²) in [5.74, 6) is 0. The normalized spacial score (nSPS) is 21.8. The van der Waals surface area contributed by atoms with E-state index in [1.165, 1.54) is 0 Å². The van der Waals surface area contributed by atoms with Gasteiger partial charge in [-0.3, -0.25) is 4.98 Å². The Morgan fingerprint density at radius 3 is 2.35 bits per heavy atom. The van der Waals surface area contributed by atoms with E-state index in [0.29, 0.717) is 6.54 Å². The lowest BCUT2D eigenvalue weighted by Gasteiger charge is -2.32. The molecule has 0 aliphatic carbocycles. The first kappa shape index (κ1) is 12.5. The van der Waals surface area contributed by atoms with Crippen molar-refractivity contribution in [3.05, 3.63) is 23.9 Å². The summed E-state index contributed by atoms with van der Waals surface area (Å²) in [6.07, 6.45) is 1.74. The number of nitrogens with zero attached hydrogens (tertiary/aromatic N) is 1. The molecule has 1 aliphatic heterocycles. The van der Waals surface area contributed by atoms with Crippen LogP contribution in [0.4, 0.5) is 0 Å². The molecule has 2 rings (SSSR count). The number of pyridine rings is 1. The maximum Gasteiger partial charge on any atom is 0.514 e. The maximum atomic E-state index is 5.95. The van der Waals surface area contributed by atoms with Gasteiger partial charge in [0.25, 0.3) is 0 Å². The van der Waals surface area contributed by atoms with Crippen LogP contribution in [0.2, 0.25) is 0 Å². The molecule has 0 saturated carbocycles. The molecule has 92 valence electrons. The van der Waals surface area contributed by atoms with Crippen molar-refractivity contribution in [2.24, 2.45) is 5.73 Å². The summed E-state index contributed by atoms with van der Waals surface area (Å²) in [4.78, 5) is 4.33. The van der Waals surface area contributed by atoms with E-state index in [4.69, 9.17) is 15.0 Å². The first-order chi connectivity index (χ1) is 7.87. The Hall–Kier alpha value is -0.905. The van der Waals surface area contributed by atoms with Gasteiger partial charge in [-0.25, -0.2) is 0 Å². The Morgan fingerprint density at radius 2 is 1.82 bits per heavy atom. The Morgan fingerprint density at radius 1 is 1.24 bits per heavy atom. The van der Waals surface area contributed by atoms with Crippen LogP contribution in [0.15, 0.2) is 18.3 Å². The maximum absolute atomic E-state index is 5.95. The van der Waals surface area contributed by atoms with Crippen LogP contribution in [-0.2, 0) is 15.9 Å². The molecule has 0 aromatic carbocycles. The van der Waals surface area contributed by atoms with E-state index in [1.54, 1.807) is 6.20 Å². The van der Waals surface area contributed by atoms with Crippen molar-refractivity contribution in [2.75, 3.05) is 0 Å². The summed E-state index contributed by atoms with van der Waals surface area (Å²) in [6.45, 7) is 8.54. The van der Waals surface area contributed by atoms with Crippen molar-refractivity contribution < 1.29 is 9.31 Å². The molecule has 0 unspecified atom stereocenters. The molecule has 1 aromatic heterocycles. The topological polar surface area (TPSA) is 57.4 Å². The lowest BCUT2D eigenvalue weighted by Crippen LogP contribution is -2.41. The van der Waals surface area contributed by atoms with E-state index in [2.05, 4.69) is 4.98 Å². The van der Waals surface area contributed by atoms with E-state index < -0.39 is 7.12 Å². The summed E-state index contributed by atoms with van der Waals surface area (Å²) in [6, 6.07) is 3.82. The zero-order valence-corrected chi connectivity index (χ0v) is 10.9. The Labute approximate surface area is 103 Å². The minimum atomic E-state index is -0.431. The molecule has 0 spiro atoms. The monoisotopic (exact) mass is 234 g/mol. The Bertz CT molecular complexity index is 405. The fourth-order valence-electron chi connectivity index (χ4n) is 1.79. The van der Waals surface area contributed by atoms with E-state index in [9.17, 15) is 0 Å². The third-order valence-electron chi connectivity index (χ3n) is 3.62. The van der Waals surface area contributed by atoms with Crippen LogP contribution in [0.5, 0.6) is 0 Å². The third-order valence-corrected chi connectivity index (χ3v) is 3.62. The average Bonchev–Trinajstić information content (AvgIpc) is 2.48. The zero-order chi connectivity index (χ0) is 12.7. The molecule has 1 fully saturated rings. The van der Waals surface area contributed by atoms with Gasteiger partial charge in [0, 0.05) is 12.7 Å². The molecule has 0 amide bonds. The summed E-state index contributed by atoms with van der Waals surface area (Å²) in [5, 5.41) is 0. The molecule has 1 aromatic rings. The number of rotatable bonds is 2. The summed E-state index contributed by atoms with van der Waals surface area (Å²) >= 11 is 0. The van der Waals surface area contributed by atoms with Crippen molar-refractivity contribution in [3.8, 4) is 0 Å². The fraction of sp³-hybridized carbons (Fsp3) is 0.583. The van der Waals surface area contributed by atoms with Crippen LogP contribution in [-0.4, -0.2) is 23.3 Å². The highest BCUT2D eigenvalue weighted by Crippen LogP contribution is 2.36. The average molecular weight is 234 g/mol. The summed E-state index contributed by atoms with van der Waals surface area (Å²) in [7, 11) is -0.431. The van der Waals surface area contributed by atoms with Crippen LogP contribution in [0.25, 0.3) is 0 Å². The predicted molar refractivity (Wildman–Crippen MR) is 67.8 cm³/mol. The number of nitrogens with two attached hydrogens (primary N) is 1. The minimum Gasteiger partial charge on any atom is -0.398 e. The van der Waals surface area contributed by atoms with Crippen LogP contribution < -0.4 is 11.3 Å². The van der Waals surface area contributed by atoms with Gasteiger partial charge < -0.3 is 15.0 Å². The second-order valence-corrected chi connectivity index (χ2v) is 5.34. The van der Waals surface area contributed by atoms with Gasteiger partial charge in [0.15, 0.2) is 0 Å². The predicted octanol–water partition coefficient (Wildman–Crippen LogP) is 0.839. The standard InChI is InChI=1S/C12H19BN2O2/c1-11(2)12(3,4)17-13(16-11)10-9(8-14)6-5-7-15-10/h5-7H,8,14H2,1-4H3. The lowest BCUT2D eigenvalue weighted by atomic mass is 9.81. The van der Waals surface area contributed by atoms with E-state index in [-0.39, 0.29) is 11.2 Å². The van der Waals surface area contributed by atoms with E-state index in [0.717, 1.165) is 11.2 Å². The number of aromatic nitrogens is 1. The van der Waals surface area contributed by atoms with Crippen LogP contribution in [0.3, 0.4) is 0 Å². The van der Waals surface area contributed by atoms with Gasteiger partial charge in [-0.15, -0.1) is 0 Å². The highest BCUT2D eigenvalue weighted by atomic mass is 16.7. The first-order valence-electron chi connectivity index (χ1n) is 5.87. The van der Waals surface area contributed by atoms with Gasteiger partial charge in [-0.2, -0.15) is 0 Å². The van der Waals surface area contributed by atoms with Crippen LogP contribution >= 0.6 is 0 Å². The van der Waals surface area contributed by atoms with E-state index in [1.807, 2.05) is 39.8 Å².